The number of alkyl halides is 3. The standard InChI is InChI=1S/C36H40F3N5O5/c1-4-47-31-21-26(12-15-30(31)48-23(2)3)35(49-34(46)36(37,38)39,43-27-13-14-28-24(20-27)16-17-41-32(28)40)33(45)42-22-25-10-6-7-11-29(25)44-18-8-5-9-19-44/h6-7,10-17,20-21,23,43H,4-5,8-9,18-19,22H2,1-3H3,(H2,40,41)(H,42,45). The summed E-state index contributed by atoms with van der Waals surface area (Å²) in [5.41, 5.74) is 4.97. The van der Waals surface area contributed by atoms with Crippen molar-refractivity contribution in [2.75, 3.05) is 35.6 Å². The van der Waals surface area contributed by atoms with Gasteiger partial charge in [0.05, 0.1) is 12.7 Å². The predicted octanol–water partition coefficient (Wildman–Crippen LogP) is 6.68. The highest BCUT2D eigenvalue weighted by Gasteiger charge is 2.52. The number of nitrogens with zero attached hydrogens (tertiary/aromatic N) is 2. The number of hydrogen-bond acceptors (Lipinski definition) is 9. The van der Waals surface area contributed by atoms with Gasteiger partial charge in [0.25, 0.3) is 11.6 Å². The molecule has 5 rings (SSSR count). The average Bonchev–Trinajstić information content (AvgIpc) is 3.07. The second-order valence-corrected chi connectivity index (χ2v) is 11.9. The molecule has 1 saturated heterocycles. The number of anilines is 3. The third-order valence-electron chi connectivity index (χ3n) is 8.05. The molecular formula is C36H40F3N5O5. The van der Waals surface area contributed by atoms with Crippen LogP contribution < -0.4 is 30.7 Å². The molecule has 0 aliphatic carbocycles. The number of para-hydroxylation sites is 1. The zero-order valence-electron chi connectivity index (χ0n) is 27.6. The van der Waals surface area contributed by atoms with Gasteiger partial charge in [0.1, 0.15) is 5.82 Å². The number of fused-ring (bicyclic) bond motifs is 1. The molecule has 1 fully saturated rings. The van der Waals surface area contributed by atoms with E-state index in [0.29, 0.717) is 16.5 Å². The van der Waals surface area contributed by atoms with Crippen LogP contribution >= 0.6 is 0 Å². The predicted molar refractivity (Wildman–Crippen MR) is 181 cm³/mol. The molecule has 260 valence electrons. The van der Waals surface area contributed by atoms with E-state index >= 15 is 0 Å². The molecule has 1 unspecified atom stereocenters. The molecule has 1 aliphatic heterocycles. The summed E-state index contributed by atoms with van der Waals surface area (Å²) >= 11 is 0. The molecule has 0 spiro atoms. The van der Waals surface area contributed by atoms with Crippen molar-refractivity contribution in [1.82, 2.24) is 10.3 Å². The first-order chi connectivity index (χ1) is 23.4. The summed E-state index contributed by atoms with van der Waals surface area (Å²) in [5.74, 6) is -2.94. The van der Waals surface area contributed by atoms with Crippen LogP contribution in [-0.4, -0.2) is 48.8 Å². The lowest BCUT2D eigenvalue weighted by Crippen LogP contribution is -2.54. The van der Waals surface area contributed by atoms with E-state index in [9.17, 15) is 22.8 Å². The summed E-state index contributed by atoms with van der Waals surface area (Å²) in [6.45, 7) is 7.13. The van der Waals surface area contributed by atoms with E-state index in [2.05, 4.69) is 20.5 Å². The van der Waals surface area contributed by atoms with Gasteiger partial charge in [-0.3, -0.25) is 4.79 Å². The van der Waals surface area contributed by atoms with Gasteiger partial charge in [-0.05, 0) is 99.5 Å². The molecule has 1 aromatic heterocycles. The van der Waals surface area contributed by atoms with Gasteiger partial charge in [-0.15, -0.1) is 0 Å². The van der Waals surface area contributed by atoms with Crippen molar-refractivity contribution in [3.63, 3.8) is 0 Å². The summed E-state index contributed by atoms with van der Waals surface area (Å²) in [5, 5.41) is 6.77. The molecule has 0 radical (unpaired) electrons. The number of carbonyl (C=O) groups excluding carboxylic acids is 2. The first kappa shape index (κ1) is 35.1. The molecule has 13 heteroatoms. The smallest absolute Gasteiger partial charge is 0.490 e. The molecular weight excluding hydrogens is 639 g/mol. The highest BCUT2D eigenvalue weighted by Crippen LogP contribution is 2.38. The second-order valence-electron chi connectivity index (χ2n) is 11.9. The third-order valence-corrected chi connectivity index (χ3v) is 8.05. The largest absolute Gasteiger partial charge is 0.491 e. The Labute approximate surface area is 282 Å². The lowest BCUT2D eigenvalue weighted by atomic mass is 9.98. The van der Waals surface area contributed by atoms with E-state index in [-0.39, 0.29) is 42.1 Å². The maximum atomic E-state index is 14.5. The molecule has 3 aromatic carbocycles. The average molecular weight is 680 g/mol. The van der Waals surface area contributed by atoms with Gasteiger partial charge in [0, 0.05) is 48.2 Å². The Kier molecular flexibility index (Phi) is 10.7. The van der Waals surface area contributed by atoms with E-state index in [1.807, 2.05) is 24.3 Å². The quantitative estimate of drug-likeness (QED) is 0.111. The highest BCUT2D eigenvalue weighted by atomic mass is 19.4. The highest BCUT2D eigenvalue weighted by molar-refractivity contribution is 5.96. The van der Waals surface area contributed by atoms with Crippen molar-refractivity contribution >= 4 is 39.8 Å². The van der Waals surface area contributed by atoms with Crippen molar-refractivity contribution < 1.29 is 37.0 Å². The number of benzene rings is 3. The van der Waals surface area contributed by atoms with Crippen molar-refractivity contribution in [2.24, 2.45) is 0 Å². The number of amides is 1. The van der Waals surface area contributed by atoms with Crippen molar-refractivity contribution in [3.05, 3.63) is 84.1 Å². The number of piperidine rings is 1. The molecule has 4 aromatic rings. The Morgan fingerprint density at radius 1 is 0.980 bits per heavy atom. The van der Waals surface area contributed by atoms with Gasteiger partial charge >= 0.3 is 12.1 Å². The van der Waals surface area contributed by atoms with E-state index in [0.717, 1.165) is 43.6 Å². The Bertz CT molecular complexity index is 1790. The maximum Gasteiger partial charge on any atom is 0.491 e. The summed E-state index contributed by atoms with van der Waals surface area (Å²) in [7, 11) is 0. The summed E-state index contributed by atoms with van der Waals surface area (Å²) in [6.07, 6.45) is -1.05. The third kappa shape index (κ3) is 8.10. The Morgan fingerprint density at radius 3 is 2.45 bits per heavy atom. The van der Waals surface area contributed by atoms with Gasteiger partial charge in [-0.25, -0.2) is 9.78 Å². The number of rotatable bonds is 12. The Hall–Kier alpha value is -5.20. The van der Waals surface area contributed by atoms with Crippen molar-refractivity contribution in [1.29, 1.82) is 0 Å². The van der Waals surface area contributed by atoms with E-state index in [4.69, 9.17) is 19.9 Å². The zero-order chi connectivity index (χ0) is 35.2. The lowest BCUT2D eigenvalue weighted by molar-refractivity contribution is -0.213. The topological polar surface area (TPSA) is 128 Å². The van der Waals surface area contributed by atoms with Crippen LogP contribution in [0.15, 0.2) is 72.9 Å². The SMILES string of the molecule is CCOc1cc(C(Nc2ccc3c(N)nccc3c2)(OC(=O)C(F)(F)F)C(=O)NCc2ccccc2N2CCCCC2)ccc1OC(C)C. The van der Waals surface area contributed by atoms with Crippen molar-refractivity contribution in [3.8, 4) is 11.5 Å². The van der Waals surface area contributed by atoms with E-state index in [1.165, 1.54) is 30.5 Å². The normalized spacial score (nSPS) is 14.6. The monoisotopic (exact) mass is 679 g/mol. The molecule has 1 atom stereocenters. The van der Waals surface area contributed by atoms with Crippen LogP contribution in [0.25, 0.3) is 10.8 Å². The zero-order valence-corrected chi connectivity index (χ0v) is 27.6. The van der Waals surface area contributed by atoms with Gasteiger partial charge in [0.2, 0.25) is 0 Å². The molecule has 1 amide bonds. The number of aromatic nitrogens is 1. The van der Waals surface area contributed by atoms with Crippen LogP contribution in [0.1, 0.15) is 51.2 Å². The fraction of sp³-hybridized carbons (Fsp3) is 0.361. The summed E-state index contributed by atoms with van der Waals surface area (Å²) < 4.78 is 58.8. The number of carbonyl (C=O) groups is 2. The number of nitrogen functional groups attached to an aromatic ring is 1. The van der Waals surface area contributed by atoms with Crippen LogP contribution in [0.2, 0.25) is 0 Å². The molecule has 10 nitrogen and oxygen atoms in total. The molecule has 2 heterocycles. The van der Waals surface area contributed by atoms with E-state index < -0.39 is 23.8 Å². The Morgan fingerprint density at radius 2 is 1.73 bits per heavy atom. The van der Waals surface area contributed by atoms with Crippen LogP contribution in [0, 0.1) is 0 Å². The summed E-state index contributed by atoms with van der Waals surface area (Å²) in [4.78, 5) is 33.5. The first-order valence-corrected chi connectivity index (χ1v) is 16.2. The van der Waals surface area contributed by atoms with Gasteiger partial charge < -0.3 is 35.5 Å². The van der Waals surface area contributed by atoms with E-state index in [1.54, 1.807) is 39.0 Å². The number of halogens is 3. The van der Waals surface area contributed by atoms with Gasteiger partial charge in [-0.2, -0.15) is 13.2 Å². The number of pyridine rings is 1. The second kappa shape index (κ2) is 14.9. The fourth-order valence-corrected chi connectivity index (χ4v) is 5.82. The minimum atomic E-state index is -5.43. The number of nitrogens with one attached hydrogen (secondary N) is 2. The number of hydrogen-bond donors (Lipinski definition) is 3. The number of nitrogens with two attached hydrogens (primary N) is 1. The lowest BCUT2D eigenvalue weighted by Gasteiger charge is -2.35. The minimum absolute atomic E-state index is 0.0642. The Balaban J connectivity index is 1.63. The molecule has 0 saturated carbocycles. The minimum Gasteiger partial charge on any atom is -0.490 e. The molecule has 1 aliphatic rings. The summed E-state index contributed by atoms with van der Waals surface area (Å²) in [6, 6.07) is 18.0. The number of ether oxygens (including phenoxy) is 3. The van der Waals surface area contributed by atoms with Crippen LogP contribution in [-0.2, 0) is 26.6 Å². The first-order valence-electron chi connectivity index (χ1n) is 16.2. The number of esters is 1. The van der Waals surface area contributed by atoms with Crippen LogP contribution in [0.5, 0.6) is 11.5 Å². The maximum absolute atomic E-state index is 14.5. The van der Waals surface area contributed by atoms with Crippen LogP contribution in [0.3, 0.4) is 0 Å². The fourth-order valence-electron chi connectivity index (χ4n) is 5.82. The molecule has 4 N–H and O–H groups in total. The molecule has 49 heavy (non-hydrogen) atoms. The van der Waals surface area contributed by atoms with Crippen LogP contribution in [0.4, 0.5) is 30.4 Å². The van der Waals surface area contributed by atoms with Gasteiger partial charge in [-0.1, -0.05) is 18.2 Å². The van der Waals surface area contributed by atoms with Crippen molar-refractivity contribution in [2.45, 2.75) is 64.6 Å². The molecule has 0 bridgehead atoms. The van der Waals surface area contributed by atoms with Gasteiger partial charge in [0.15, 0.2) is 11.5 Å².